The molecule has 2 aromatic rings. The summed E-state index contributed by atoms with van der Waals surface area (Å²) >= 11 is 0. The number of hydrogen-bond donors (Lipinski definition) is 2. The van der Waals surface area contributed by atoms with Gasteiger partial charge in [0.25, 0.3) is 11.8 Å². The zero-order valence-corrected chi connectivity index (χ0v) is 14.9. The fourth-order valence-corrected chi connectivity index (χ4v) is 2.53. The van der Waals surface area contributed by atoms with Crippen LogP contribution in [0, 0.1) is 5.92 Å². The maximum atomic E-state index is 12.4. The van der Waals surface area contributed by atoms with E-state index < -0.39 is 0 Å². The third-order valence-electron chi connectivity index (χ3n) is 4.05. The summed E-state index contributed by atoms with van der Waals surface area (Å²) in [6.45, 7) is 5.05. The van der Waals surface area contributed by atoms with E-state index in [1.165, 1.54) is 0 Å². The normalized spacial score (nSPS) is 12.1. The van der Waals surface area contributed by atoms with Crippen LogP contribution < -0.4 is 20.1 Å². The number of hydrogen-bond acceptors (Lipinski definition) is 4. The van der Waals surface area contributed by atoms with Crippen LogP contribution in [0.5, 0.6) is 11.5 Å². The summed E-state index contributed by atoms with van der Waals surface area (Å²) in [5, 5.41) is 5.69. The lowest BCUT2D eigenvalue weighted by molar-refractivity contribution is 0.0950. The minimum atomic E-state index is -0.254. The summed E-state index contributed by atoms with van der Waals surface area (Å²) < 4.78 is 10.5. The molecule has 26 heavy (non-hydrogen) atoms. The van der Waals surface area contributed by atoms with Crippen molar-refractivity contribution in [1.29, 1.82) is 0 Å². The van der Waals surface area contributed by atoms with Gasteiger partial charge >= 0.3 is 0 Å². The Bertz CT molecular complexity index is 800. The minimum absolute atomic E-state index is 0.131. The van der Waals surface area contributed by atoms with Crippen molar-refractivity contribution in [3.8, 4) is 11.5 Å². The summed E-state index contributed by atoms with van der Waals surface area (Å²) in [4.78, 5) is 24.4. The number of benzene rings is 2. The second kappa shape index (κ2) is 7.91. The second-order valence-electron chi connectivity index (χ2n) is 6.54. The quantitative estimate of drug-likeness (QED) is 0.833. The Morgan fingerprint density at radius 2 is 1.62 bits per heavy atom. The van der Waals surface area contributed by atoms with Crippen LogP contribution in [0.15, 0.2) is 42.5 Å². The lowest BCUT2D eigenvalue weighted by atomic mass is 10.1. The monoisotopic (exact) mass is 354 g/mol. The predicted molar refractivity (Wildman–Crippen MR) is 98.7 cm³/mol. The molecule has 0 unspecified atom stereocenters. The Morgan fingerprint density at radius 1 is 0.962 bits per heavy atom. The van der Waals surface area contributed by atoms with Gasteiger partial charge in [-0.15, -0.1) is 0 Å². The lowest BCUT2D eigenvalue weighted by Crippen LogP contribution is -2.25. The van der Waals surface area contributed by atoms with Crippen molar-refractivity contribution in [2.75, 3.05) is 18.7 Å². The Labute approximate surface area is 152 Å². The first-order chi connectivity index (χ1) is 12.5. The van der Waals surface area contributed by atoms with E-state index >= 15 is 0 Å². The van der Waals surface area contributed by atoms with Gasteiger partial charge in [-0.25, -0.2) is 0 Å². The minimum Gasteiger partial charge on any atom is -0.454 e. The second-order valence-corrected chi connectivity index (χ2v) is 6.54. The van der Waals surface area contributed by atoms with Crippen LogP contribution in [-0.2, 0) is 0 Å². The molecule has 0 radical (unpaired) electrons. The van der Waals surface area contributed by atoms with Crippen molar-refractivity contribution >= 4 is 17.5 Å². The molecule has 0 aliphatic carbocycles. The number of ether oxygens (including phenoxy) is 2. The predicted octanol–water partition coefficient (Wildman–Crippen LogP) is 3.44. The van der Waals surface area contributed by atoms with E-state index in [1.54, 1.807) is 42.5 Å². The van der Waals surface area contributed by atoms with Crippen molar-refractivity contribution in [3.63, 3.8) is 0 Å². The third kappa shape index (κ3) is 4.33. The summed E-state index contributed by atoms with van der Waals surface area (Å²) in [6, 6.07) is 11.8. The smallest absolute Gasteiger partial charge is 0.255 e. The van der Waals surface area contributed by atoms with Crippen LogP contribution in [0.1, 0.15) is 41.0 Å². The van der Waals surface area contributed by atoms with Gasteiger partial charge in [-0.3, -0.25) is 9.59 Å². The van der Waals surface area contributed by atoms with Crippen molar-refractivity contribution in [2.24, 2.45) is 5.92 Å². The van der Waals surface area contributed by atoms with Gasteiger partial charge in [0, 0.05) is 29.4 Å². The molecule has 0 atom stereocenters. The highest BCUT2D eigenvalue weighted by atomic mass is 16.7. The average Bonchev–Trinajstić information content (AvgIpc) is 3.09. The first kappa shape index (κ1) is 17.8. The van der Waals surface area contributed by atoms with E-state index in [2.05, 4.69) is 24.5 Å². The molecule has 1 aliphatic rings. The molecule has 1 heterocycles. The summed E-state index contributed by atoms with van der Waals surface area (Å²) in [7, 11) is 0. The highest BCUT2D eigenvalue weighted by molar-refractivity contribution is 6.05. The highest BCUT2D eigenvalue weighted by Gasteiger charge is 2.15. The first-order valence-corrected chi connectivity index (χ1v) is 8.62. The van der Waals surface area contributed by atoms with E-state index in [-0.39, 0.29) is 18.6 Å². The topological polar surface area (TPSA) is 76.7 Å². The van der Waals surface area contributed by atoms with E-state index in [0.717, 1.165) is 6.42 Å². The number of nitrogens with one attached hydrogen (secondary N) is 2. The largest absolute Gasteiger partial charge is 0.454 e. The van der Waals surface area contributed by atoms with Gasteiger partial charge in [-0.1, -0.05) is 13.8 Å². The number of rotatable bonds is 6. The summed E-state index contributed by atoms with van der Waals surface area (Å²) in [5.41, 5.74) is 1.63. The van der Waals surface area contributed by atoms with Crippen LogP contribution in [0.2, 0.25) is 0 Å². The van der Waals surface area contributed by atoms with Gasteiger partial charge < -0.3 is 20.1 Å². The summed E-state index contributed by atoms with van der Waals surface area (Å²) in [5.74, 6) is 1.42. The number of carbonyl (C=O) groups is 2. The van der Waals surface area contributed by atoms with Crippen molar-refractivity contribution in [3.05, 3.63) is 53.6 Å². The zero-order chi connectivity index (χ0) is 18.5. The molecule has 0 saturated carbocycles. The van der Waals surface area contributed by atoms with Gasteiger partial charge in [-0.2, -0.15) is 0 Å². The molecule has 0 fully saturated rings. The molecule has 6 nitrogen and oxygen atoms in total. The highest BCUT2D eigenvalue weighted by Crippen LogP contribution is 2.34. The van der Waals surface area contributed by atoms with E-state index in [1.807, 2.05) is 0 Å². The molecule has 0 aromatic heterocycles. The van der Waals surface area contributed by atoms with Crippen molar-refractivity contribution < 1.29 is 19.1 Å². The standard InChI is InChI=1S/C20H22N2O4/c1-13(2)9-10-21-19(23)14-3-5-15(6-4-14)20(24)22-16-7-8-17-18(11-16)26-12-25-17/h3-8,11,13H,9-10,12H2,1-2H3,(H,21,23)(H,22,24). The Hall–Kier alpha value is -3.02. The van der Waals surface area contributed by atoms with Crippen LogP contribution >= 0.6 is 0 Å². The number of carbonyl (C=O) groups excluding carboxylic acids is 2. The molecule has 136 valence electrons. The van der Waals surface area contributed by atoms with E-state index in [4.69, 9.17) is 9.47 Å². The lowest BCUT2D eigenvalue weighted by Gasteiger charge is -2.09. The molecular weight excluding hydrogens is 332 g/mol. The van der Waals surface area contributed by atoms with Gasteiger partial charge in [0.2, 0.25) is 6.79 Å². The van der Waals surface area contributed by atoms with Gasteiger partial charge in [0.15, 0.2) is 11.5 Å². The van der Waals surface area contributed by atoms with Gasteiger partial charge in [-0.05, 0) is 48.7 Å². The van der Waals surface area contributed by atoms with E-state index in [9.17, 15) is 9.59 Å². The van der Waals surface area contributed by atoms with Crippen LogP contribution in [0.25, 0.3) is 0 Å². The average molecular weight is 354 g/mol. The van der Waals surface area contributed by atoms with Gasteiger partial charge in [0.1, 0.15) is 0 Å². The number of anilines is 1. The van der Waals surface area contributed by atoms with E-state index in [0.29, 0.717) is 40.8 Å². The maximum absolute atomic E-state index is 12.4. The van der Waals surface area contributed by atoms with Crippen molar-refractivity contribution in [1.82, 2.24) is 5.32 Å². The molecule has 2 amide bonds. The number of amides is 2. The molecule has 6 heteroatoms. The van der Waals surface area contributed by atoms with Crippen LogP contribution in [0.4, 0.5) is 5.69 Å². The number of fused-ring (bicyclic) bond motifs is 1. The Kier molecular flexibility index (Phi) is 5.41. The van der Waals surface area contributed by atoms with Crippen LogP contribution in [0.3, 0.4) is 0 Å². The molecule has 1 aliphatic heterocycles. The molecule has 3 rings (SSSR count). The van der Waals surface area contributed by atoms with Crippen LogP contribution in [-0.4, -0.2) is 25.2 Å². The molecule has 2 N–H and O–H groups in total. The summed E-state index contributed by atoms with van der Waals surface area (Å²) in [6.07, 6.45) is 0.932. The molecule has 0 bridgehead atoms. The Balaban J connectivity index is 1.59. The maximum Gasteiger partial charge on any atom is 0.255 e. The molecular formula is C20H22N2O4. The first-order valence-electron chi connectivity index (χ1n) is 8.62. The molecule has 0 spiro atoms. The third-order valence-corrected chi connectivity index (χ3v) is 4.05. The molecule has 2 aromatic carbocycles. The fourth-order valence-electron chi connectivity index (χ4n) is 2.53. The fraction of sp³-hybridized carbons (Fsp3) is 0.300. The molecule has 0 saturated heterocycles. The van der Waals surface area contributed by atoms with Crippen molar-refractivity contribution in [2.45, 2.75) is 20.3 Å². The Morgan fingerprint density at radius 3 is 2.31 bits per heavy atom. The SMILES string of the molecule is CC(C)CCNC(=O)c1ccc(C(=O)Nc2ccc3c(c2)OCO3)cc1. The van der Waals surface area contributed by atoms with Gasteiger partial charge in [0.05, 0.1) is 0 Å². The zero-order valence-electron chi connectivity index (χ0n) is 14.9.